The van der Waals surface area contributed by atoms with E-state index in [9.17, 15) is 9.59 Å². The molecular weight excluding hydrogens is 364 g/mol. The van der Waals surface area contributed by atoms with E-state index < -0.39 is 0 Å². The fourth-order valence-corrected chi connectivity index (χ4v) is 4.24. The van der Waals surface area contributed by atoms with E-state index in [0.717, 1.165) is 38.2 Å². The molecule has 0 saturated carbocycles. The lowest BCUT2D eigenvalue weighted by Gasteiger charge is -2.13. The summed E-state index contributed by atoms with van der Waals surface area (Å²) >= 11 is 1.52. The van der Waals surface area contributed by atoms with Crippen molar-refractivity contribution in [3.63, 3.8) is 0 Å². The second-order valence-corrected chi connectivity index (χ2v) is 7.85. The number of fused-ring (bicyclic) bond motifs is 1. The molecule has 0 atom stereocenters. The number of carbonyl (C=O) groups excluding carboxylic acids is 2. The Hall–Kier alpha value is -2.19. The van der Waals surface area contributed by atoms with E-state index in [0.29, 0.717) is 28.8 Å². The smallest absolute Gasteiger partial charge is 0.276 e. The third-order valence-electron chi connectivity index (χ3n) is 4.89. The van der Waals surface area contributed by atoms with Crippen molar-refractivity contribution in [1.29, 1.82) is 0 Å². The van der Waals surface area contributed by atoms with Gasteiger partial charge in [-0.05, 0) is 50.9 Å². The van der Waals surface area contributed by atoms with Gasteiger partial charge in [0.05, 0.1) is 17.7 Å². The predicted octanol–water partition coefficient (Wildman–Crippen LogP) is 2.83. The number of rotatable bonds is 8. The van der Waals surface area contributed by atoms with Crippen LogP contribution in [0, 0.1) is 0 Å². The van der Waals surface area contributed by atoms with Gasteiger partial charge in [0, 0.05) is 12.3 Å². The van der Waals surface area contributed by atoms with Crippen LogP contribution in [0.1, 0.15) is 52.3 Å². The lowest BCUT2D eigenvalue weighted by molar-refractivity contribution is 0.0652. The number of imide groups is 1. The number of carbonyl (C=O) groups is 2. The van der Waals surface area contributed by atoms with Gasteiger partial charge in [0.1, 0.15) is 0 Å². The number of unbranched alkanes of at least 4 members (excludes halogenated alkanes) is 1. The molecular formula is C19H22N4O3S. The Bertz CT molecular complexity index is 797. The molecule has 8 heteroatoms. The number of amides is 2. The van der Waals surface area contributed by atoms with Crippen LogP contribution >= 0.6 is 11.8 Å². The topological polar surface area (TPSA) is 79.5 Å². The second kappa shape index (κ2) is 8.22. The van der Waals surface area contributed by atoms with Crippen molar-refractivity contribution < 1.29 is 14.0 Å². The maximum atomic E-state index is 12.3. The summed E-state index contributed by atoms with van der Waals surface area (Å²) < 4.78 is 5.68. The van der Waals surface area contributed by atoms with Crippen LogP contribution in [0.25, 0.3) is 0 Å². The van der Waals surface area contributed by atoms with E-state index in [1.165, 1.54) is 29.5 Å². The zero-order chi connectivity index (χ0) is 18.6. The normalized spacial score (nSPS) is 17.1. The molecule has 27 heavy (non-hydrogen) atoms. The Labute approximate surface area is 162 Å². The Kier molecular flexibility index (Phi) is 5.54. The van der Waals surface area contributed by atoms with Crippen molar-refractivity contribution in [2.75, 3.05) is 25.4 Å². The fraction of sp³-hybridized carbons (Fsp3) is 0.474. The average molecular weight is 386 g/mol. The van der Waals surface area contributed by atoms with Crippen molar-refractivity contribution in [3.8, 4) is 0 Å². The van der Waals surface area contributed by atoms with Crippen molar-refractivity contribution in [3.05, 3.63) is 41.3 Å². The predicted molar refractivity (Wildman–Crippen MR) is 101 cm³/mol. The van der Waals surface area contributed by atoms with Gasteiger partial charge >= 0.3 is 0 Å². The van der Waals surface area contributed by atoms with Crippen molar-refractivity contribution >= 4 is 23.6 Å². The van der Waals surface area contributed by atoms with E-state index in [1.807, 2.05) is 0 Å². The van der Waals surface area contributed by atoms with Gasteiger partial charge in [-0.25, -0.2) is 0 Å². The summed E-state index contributed by atoms with van der Waals surface area (Å²) in [5.74, 6) is 1.11. The van der Waals surface area contributed by atoms with Crippen molar-refractivity contribution in [1.82, 2.24) is 20.0 Å². The van der Waals surface area contributed by atoms with Crippen LogP contribution in [-0.4, -0.2) is 57.2 Å². The number of hydrogen-bond donors (Lipinski definition) is 0. The third kappa shape index (κ3) is 4.06. The fourth-order valence-electron chi connectivity index (χ4n) is 3.47. The summed E-state index contributed by atoms with van der Waals surface area (Å²) in [6.07, 6.45) is 4.10. The van der Waals surface area contributed by atoms with Gasteiger partial charge in [0.25, 0.3) is 17.0 Å². The van der Waals surface area contributed by atoms with E-state index in [1.54, 1.807) is 24.3 Å². The molecule has 0 bridgehead atoms. The molecule has 1 aromatic heterocycles. The van der Waals surface area contributed by atoms with Gasteiger partial charge in [0.15, 0.2) is 0 Å². The molecule has 2 amide bonds. The van der Waals surface area contributed by atoms with Gasteiger partial charge < -0.3 is 4.42 Å². The third-order valence-corrected chi connectivity index (χ3v) is 5.79. The summed E-state index contributed by atoms with van der Waals surface area (Å²) in [7, 11) is 0. The van der Waals surface area contributed by atoms with Crippen LogP contribution in [0.5, 0.6) is 0 Å². The molecule has 142 valence electrons. The zero-order valence-corrected chi connectivity index (χ0v) is 15.9. The van der Waals surface area contributed by atoms with Gasteiger partial charge in [-0.15, -0.1) is 10.2 Å². The molecule has 0 radical (unpaired) electrons. The molecule has 0 unspecified atom stereocenters. The summed E-state index contributed by atoms with van der Waals surface area (Å²) in [6.45, 7) is 3.37. The Morgan fingerprint density at radius 2 is 1.70 bits per heavy atom. The highest BCUT2D eigenvalue weighted by Gasteiger charge is 2.34. The molecule has 1 fully saturated rings. The van der Waals surface area contributed by atoms with Gasteiger partial charge in [0.2, 0.25) is 5.89 Å². The highest BCUT2D eigenvalue weighted by Crippen LogP contribution is 2.23. The molecule has 2 aromatic rings. The quantitative estimate of drug-likeness (QED) is 0.392. The largest absolute Gasteiger partial charge is 0.415 e. The summed E-state index contributed by atoms with van der Waals surface area (Å²) in [5, 5.41) is 8.78. The SMILES string of the molecule is O=C1c2ccccc2C(=O)N1CCCCSc1nnc(CN2CCCC2)o1. The van der Waals surface area contributed by atoms with E-state index in [2.05, 4.69) is 15.1 Å². The minimum Gasteiger partial charge on any atom is -0.415 e. The first kappa shape index (κ1) is 18.2. The number of thioether (sulfide) groups is 1. The van der Waals surface area contributed by atoms with E-state index in [4.69, 9.17) is 4.42 Å². The highest BCUT2D eigenvalue weighted by molar-refractivity contribution is 7.99. The Morgan fingerprint density at radius 1 is 1.00 bits per heavy atom. The van der Waals surface area contributed by atoms with Crippen LogP contribution in [0.4, 0.5) is 0 Å². The average Bonchev–Trinajstić information content (AvgIpc) is 3.40. The van der Waals surface area contributed by atoms with Crippen LogP contribution in [0.15, 0.2) is 33.9 Å². The minimum atomic E-state index is -0.188. The maximum absolute atomic E-state index is 12.3. The van der Waals surface area contributed by atoms with Gasteiger partial charge in [-0.2, -0.15) is 0 Å². The molecule has 0 N–H and O–H groups in total. The first-order chi connectivity index (χ1) is 13.2. The van der Waals surface area contributed by atoms with Gasteiger partial charge in [-0.1, -0.05) is 23.9 Å². The summed E-state index contributed by atoms with van der Waals surface area (Å²) in [4.78, 5) is 28.3. The first-order valence-corrected chi connectivity index (χ1v) is 10.3. The molecule has 4 rings (SSSR count). The second-order valence-electron chi connectivity index (χ2n) is 6.81. The van der Waals surface area contributed by atoms with Crippen LogP contribution in [0.3, 0.4) is 0 Å². The van der Waals surface area contributed by atoms with Crippen LogP contribution in [-0.2, 0) is 6.54 Å². The number of aromatic nitrogens is 2. The number of hydrogen-bond acceptors (Lipinski definition) is 7. The lowest BCUT2D eigenvalue weighted by atomic mass is 10.1. The number of nitrogens with zero attached hydrogens (tertiary/aromatic N) is 4. The number of likely N-dealkylation sites (tertiary alicyclic amines) is 1. The Morgan fingerprint density at radius 3 is 2.41 bits per heavy atom. The Balaban J connectivity index is 1.19. The van der Waals surface area contributed by atoms with E-state index >= 15 is 0 Å². The molecule has 0 spiro atoms. The monoisotopic (exact) mass is 386 g/mol. The van der Waals surface area contributed by atoms with Crippen molar-refractivity contribution in [2.45, 2.75) is 37.5 Å². The number of benzene rings is 1. The lowest BCUT2D eigenvalue weighted by Crippen LogP contribution is -2.30. The molecule has 1 saturated heterocycles. The van der Waals surface area contributed by atoms with Crippen LogP contribution < -0.4 is 0 Å². The highest BCUT2D eigenvalue weighted by atomic mass is 32.2. The molecule has 0 aliphatic carbocycles. The summed E-state index contributed by atoms with van der Waals surface area (Å²) in [6, 6.07) is 6.99. The van der Waals surface area contributed by atoms with Crippen LogP contribution in [0.2, 0.25) is 0 Å². The molecule has 1 aromatic carbocycles. The zero-order valence-electron chi connectivity index (χ0n) is 15.1. The molecule has 2 aliphatic heterocycles. The van der Waals surface area contributed by atoms with Crippen molar-refractivity contribution in [2.24, 2.45) is 0 Å². The van der Waals surface area contributed by atoms with E-state index in [-0.39, 0.29) is 11.8 Å². The minimum absolute atomic E-state index is 0.188. The molecule has 7 nitrogen and oxygen atoms in total. The molecule has 2 aliphatic rings. The standard InChI is InChI=1S/C19H22N4O3S/c24-17-14-7-1-2-8-15(14)18(25)23(17)11-5-6-12-27-19-21-20-16(26-19)13-22-9-3-4-10-22/h1-2,7-8H,3-6,9-13H2. The summed E-state index contributed by atoms with van der Waals surface area (Å²) in [5.41, 5.74) is 1.02. The molecule has 3 heterocycles. The maximum Gasteiger partial charge on any atom is 0.276 e. The van der Waals surface area contributed by atoms with Gasteiger partial charge in [-0.3, -0.25) is 19.4 Å². The first-order valence-electron chi connectivity index (χ1n) is 9.35.